The van der Waals surface area contributed by atoms with Gasteiger partial charge in [-0.05, 0) is 25.1 Å². The molecule has 126 valence electrons. The summed E-state index contributed by atoms with van der Waals surface area (Å²) in [5.74, 6) is 1.53. The number of halogens is 1. The van der Waals surface area contributed by atoms with Crippen LogP contribution in [-0.4, -0.2) is 40.4 Å². The Kier molecular flexibility index (Phi) is 9.03. The van der Waals surface area contributed by atoms with Crippen molar-refractivity contribution >= 4 is 29.9 Å². The molecule has 0 amide bonds. The zero-order valence-corrected chi connectivity index (χ0v) is 15.7. The molecule has 0 atom stereocenters. The lowest BCUT2D eigenvalue weighted by Gasteiger charge is -2.12. The van der Waals surface area contributed by atoms with Crippen molar-refractivity contribution in [3.8, 4) is 5.75 Å². The molecule has 2 heterocycles. The Morgan fingerprint density at radius 3 is 2.83 bits per heavy atom. The number of aliphatic imine (C=N–C) groups is 1. The van der Waals surface area contributed by atoms with E-state index < -0.39 is 0 Å². The number of pyridine rings is 1. The quantitative estimate of drug-likeness (QED) is 0.302. The third-order valence-corrected chi connectivity index (χ3v) is 2.96. The first-order chi connectivity index (χ1) is 10.8. The van der Waals surface area contributed by atoms with E-state index in [1.807, 2.05) is 36.9 Å². The number of aromatic nitrogens is 3. The fraction of sp³-hybridized carbons (Fsp3) is 0.400. The van der Waals surface area contributed by atoms with Crippen LogP contribution in [0.3, 0.4) is 0 Å². The molecule has 0 saturated carbocycles. The zero-order valence-electron chi connectivity index (χ0n) is 13.4. The van der Waals surface area contributed by atoms with Gasteiger partial charge in [0.25, 0.3) is 0 Å². The van der Waals surface area contributed by atoms with Gasteiger partial charge >= 0.3 is 0 Å². The second-order valence-corrected chi connectivity index (χ2v) is 4.61. The summed E-state index contributed by atoms with van der Waals surface area (Å²) in [7, 11) is 1.91. The molecule has 7 nitrogen and oxygen atoms in total. The van der Waals surface area contributed by atoms with Crippen LogP contribution in [0.5, 0.6) is 5.75 Å². The molecule has 0 unspecified atom stereocenters. The van der Waals surface area contributed by atoms with Gasteiger partial charge < -0.3 is 15.4 Å². The molecule has 23 heavy (non-hydrogen) atoms. The highest BCUT2D eigenvalue weighted by Crippen LogP contribution is 2.04. The van der Waals surface area contributed by atoms with Crippen molar-refractivity contribution in [1.82, 2.24) is 25.4 Å². The molecule has 0 aromatic carbocycles. The fourth-order valence-electron chi connectivity index (χ4n) is 1.83. The first kappa shape index (κ1) is 19.2. The molecule has 0 bridgehead atoms. The van der Waals surface area contributed by atoms with Crippen molar-refractivity contribution in [2.75, 3.05) is 19.7 Å². The Morgan fingerprint density at radius 2 is 2.17 bits per heavy atom. The Bertz CT molecular complexity index is 587. The minimum atomic E-state index is 0. The van der Waals surface area contributed by atoms with Gasteiger partial charge in [0.15, 0.2) is 5.96 Å². The highest BCUT2D eigenvalue weighted by atomic mass is 127. The Balaban J connectivity index is 0.00000264. The molecule has 2 N–H and O–H groups in total. The number of guanidine groups is 1. The smallest absolute Gasteiger partial charge is 0.191 e. The van der Waals surface area contributed by atoms with Crippen molar-refractivity contribution in [1.29, 1.82) is 0 Å². The maximum Gasteiger partial charge on any atom is 0.191 e. The largest absolute Gasteiger partial charge is 0.490 e. The van der Waals surface area contributed by atoms with Crippen molar-refractivity contribution < 1.29 is 4.74 Å². The van der Waals surface area contributed by atoms with E-state index in [-0.39, 0.29) is 24.0 Å². The minimum Gasteiger partial charge on any atom is -0.490 e. The topological polar surface area (TPSA) is 76.4 Å². The third-order valence-electron chi connectivity index (χ3n) is 2.96. The standard InChI is InChI=1S/C15H22N6O.HI/c1-3-17-15(19-11-13-6-8-20-21(13)2)18-9-10-22-14-5-4-7-16-12-14;/h4-8,12H,3,9-11H2,1-2H3,(H2,17,18,19);1H. The highest BCUT2D eigenvalue weighted by Gasteiger charge is 2.00. The average Bonchev–Trinajstić information content (AvgIpc) is 2.95. The van der Waals surface area contributed by atoms with Gasteiger partial charge in [-0.25, -0.2) is 4.99 Å². The molecule has 2 aromatic rings. The first-order valence-electron chi connectivity index (χ1n) is 7.31. The lowest BCUT2D eigenvalue weighted by molar-refractivity contribution is 0.320. The molecule has 2 aromatic heterocycles. The van der Waals surface area contributed by atoms with Gasteiger partial charge in [-0.2, -0.15) is 5.10 Å². The zero-order chi connectivity index (χ0) is 15.6. The number of aryl methyl sites for hydroxylation is 1. The predicted molar refractivity (Wildman–Crippen MR) is 101 cm³/mol. The van der Waals surface area contributed by atoms with Gasteiger partial charge in [0.05, 0.1) is 25.0 Å². The number of nitrogens with one attached hydrogen (secondary N) is 2. The molecule has 2 rings (SSSR count). The second-order valence-electron chi connectivity index (χ2n) is 4.61. The van der Waals surface area contributed by atoms with Crippen LogP contribution in [0.2, 0.25) is 0 Å². The first-order valence-corrected chi connectivity index (χ1v) is 7.31. The normalized spacial score (nSPS) is 10.8. The van der Waals surface area contributed by atoms with Crippen LogP contribution in [0.4, 0.5) is 0 Å². The molecule has 0 aliphatic heterocycles. The van der Waals surface area contributed by atoms with E-state index in [9.17, 15) is 0 Å². The molecular formula is C15H23IN6O. The van der Waals surface area contributed by atoms with Gasteiger partial charge in [0, 0.05) is 26.0 Å². The molecule has 0 aliphatic rings. The van der Waals surface area contributed by atoms with E-state index >= 15 is 0 Å². The molecule has 0 fully saturated rings. The van der Waals surface area contributed by atoms with E-state index in [0.717, 1.165) is 23.9 Å². The van der Waals surface area contributed by atoms with E-state index in [2.05, 4.69) is 25.7 Å². The molecular weight excluding hydrogens is 407 g/mol. The Morgan fingerprint density at radius 1 is 1.30 bits per heavy atom. The highest BCUT2D eigenvalue weighted by molar-refractivity contribution is 14.0. The van der Waals surface area contributed by atoms with Crippen molar-refractivity contribution in [3.63, 3.8) is 0 Å². The van der Waals surface area contributed by atoms with Crippen LogP contribution in [0.25, 0.3) is 0 Å². The van der Waals surface area contributed by atoms with Crippen molar-refractivity contribution in [3.05, 3.63) is 42.5 Å². The summed E-state index contributed by atoms with van der Waals surface area (Å²) < 4.78 is 7.40. The van der Waals surface area contributed by atoms with Crippen LogP contribution >= 0.6 is 24.0 Å². The summed E-state index contributed by atoms with van der Waals surface area (Å²) in [4.78, 5) is 8.53. The molecule has 0 saturated heterocycles. The molecule has 0 aliphatic carbocycles. The van der Waals surface area contributed by atoms with Crippen LogP contribution in [0, 0.1) is 0 Å². The molecule has 0 spiro atoms. The van der Waals surface area contributed by atoms with Crippen LogP contribution in [0.1, 0.15) is 12.6 Å². The van der Waals surface area contributed by atoms with Crippen LogP contribution in [-0.2, 0) is 13.6 Å². The van der Waals surface area contributed by atoms with E-state index in [1.165, 1.54) is 0 Å². The number of nitrogens with zero attached hydrogens (tertiary/aromatic N) is 4. The summed E-state index contributed by atoms with van der Waals surface area (Å²) in [6.45, 7) is 4.62. The minimum absolute atomic E-state index is 0. The number of hydrogen-bond donors (Lipinski definition) is 2. The lowest BCUT2D eigenvalue weighted by atomic mass is 10.4. The SMILES string of the molecule is CCNC(=NCc1ccnn1C)NCCOc1cccnc1.I. The maximum atomic E-state index is 5.58. The molecule has 0 radical (unpaired) electrons. The van der Waals surface area contributed by atoms with Crippen molar-refractivity contribution in [2.45, 2.75) is 13.5 Å². The number of hydrogen-bond acceptors (Lipinski definition) is 4. The van der Waals surface area contributed by atoms with Gasteiger partial charge in [-0.1, -0.05) is 0 Å². The summed E-state index contributed by atoms with van der Waals surface area (Å²) >= 11 is 0. The van der Waals surface area contributed by atoms with E-state index in [4.69, 9.17) is 4.74 Å². The van der Waals surface area contributed by atoms with Gasteiger partial charge in [0.2, 0.25) is 0 Å². The van der Waals surface area contributed by atoms with E-state index in [1.54, 1.807) is 18.6 Å². The predicted octanol–water partition coefficient (Wildman–Crippen LogP) is 1.57. The maximum absolute atomic E-state index is 5.58. The van der Waals surface area contributed by atoms with Gasteiger partial charge in [-0.15, -0.1) is 24.0 Å². The van der Waals surface area contributed by atoms with E-state index in [0.29, 0.717) is 19.7 Å². The van der Waals surface area contributed by atoms with Crippen molar-refractivity contribution in [2.24, 2.45) is 12.0 Å². The third kappa shape index (κ3) is 6.85. The van der Waals surface area contributed by atoms with Gasteiger partial charge in [0.1, 0.15) is 12.4 Å². The number of ether oxygens (including phenoxy) is 1. The van der Waals surface area contributed by atoms with Gasteiger partial charge in [-0.3, -0.25) is 9.67 Å². The summed E-state index contributed by atoms with van der Waals surface area (Å²) in [6.07, 6.45) is 5.19. The Hall–Kier alpha value is -1.84. The summed E-state index contributed by atoms with van der Waals surface area (Å²) in [5, 5.41) is 10.6. The number of rotatable bonds is 7. The lowest BCUT2D eigenvalue weighted by Crippen LogP contribution is -2.39. The summed E-state index contributed by atoms with van der Waals surface area (Å²) in [5.41, 5.74) is 1.06. The molecule has 8 heteroatoms. The fourth-order valence-corrected chi connectivity index (χ4v) is 1.83. The summed E-state index contributed by atoms with van der Waals surface area (Å²) in [6, 6.07) is 5.69. The monoisotopic (exact) mass is 430 g/mol. The average molecular weight is 430 g/mol. The second kappa shape index (κ2) is 10.8. The van der Waals surface area contributed by atoms with Crippen LogP contribution in [0.15, 0.2) is 41.8 Å². The Labute approximate surface area is 153 Å². The van der Waals surface area contributed by atoms with Crippen LogP contribution < -0.4 is 15.4 Å².